The third kappa shape index (κ3) is 5.27. The minimum absolute atomic E-state index is 0.0141. The van der Waals surface area contributed by atoms with Crippen LogP contribution < -0.4 is 10.6 Å². The Morgan fingerprint density at radius 1 is 1.39 bits per heavy atom. The fourth-order valence-corrected chi connectivity index (χ4v) is 2.55. The van der Waals surface area contributed by atoms with E-state index in [0.717, 1.165) is 10.7 Å². The first kappa shape index (κ1) is 19.0. The van der Waals surface area contributed by atoms with Crippen molar-refractivity contribution >= 4 is 35.5 Å². The summed E-state index contributed by atoms with van der Waals surface area (Å²) in [5.74, 6) is -1.72. The summed E-state index contributed by atoms with van der Waals surface area (Å²) in [7, 11) is 0. The lowest BCUT2D eigenvalue weighted by atomic mass is 9.97. The molecule has 8 nitrogen and oxygen atoms in total. The van der Waals surface area contributed by atoms with Gasteiger partial charge in [-0.25, -0.2) is 4.79 Å². The van der Waals surface area contributed by atoms with Crippen molar-refractivity contribution in [2.75, 3.05) is 25.1 Å². The summed E-state index contributed by atoms with van der Waals surface area (Å²) in [4.78, 5) is 48.0. The van der Waals surface area contributed by atoms with Gasteiger partial charge in [-0.3, -0.25) is 14.4 Å². The molecule has 3 N–H and O–H groups in total. The average molecular weight is 343 g/mol. The van der Waals surface area contributed by atoms with Gasteiger partial charge in [0, 0.05) is 31.3 Å². The first-order valence-electron chi connectivity index (χ1n) is 7.05. The number of rotatable bonds is 7. The monoisotopic (exact) mass is 343 g/mol. The van der Waals surface area contributed by atoms with Gasteiger partial charge in [0.2, 0.25) is 17.7 Å². The predicted molar refractivity (Wildman–Crippen MR) is 85.7 cm³/mol. The van der Waals surface area contributed by atoms with Crippen molar-refractivity contribution in [2.45, 2.75) is 26.3 Å². The van der Waals surface area contributed by atoms with Gasteiger partial charge in [0.15, 0.2) is 0 Å². The number of allylic oxidation sites excluding steroid dienone is 1. The number of hydrogen-bond donors (Lipinski definition) is 3. The topological polar surface area (TPSA) is 116 Å². The molecule has 1 aliphatic heterocycles. The first-order chi connectivity index (χ1) is 10.8. The zero-order chi connectivity index (χ0) is 17.6. The van der Waals surface area contributed by atoms with Crippen LogP contribution >= 0.6 is 11.8 Å². The van der Waals surface area contributed by atoms with Crippen LogP contribution in [-0.4, -0.2) is 64.8 Å². The Morgan fingerprint density at radius 3 is 2.57 bits per heavy atom. The number of amides is 3. The summed E-state index contributed by atoms with van der Waals surface area (Å²) < 4.78 is 0. The summed E-state index contributed by atoms with van der Waals surface area (Å²) in [5.41, 5.74) is 0.240. The van der Waals surface area contributed by atoms with Crippen molar-refractivity contribution < 1.29 is 24.3 Å². The van der Waals surface area contributed by atoms with Crippen LogP contribution in [0.5, 0.6) is 0 Å². The molecular formula is C14H21N3O5S. The maximum Gasteiger partial charge on any atom is 0.333 e. The fraction of sp³-hybridized carbons (Fsp3) is 0.571. The minimum Gasteiger partial charge on any atom is -0.478 e. The lowest BCUT2D eigenvalue weighted by molar-refractivity contribution is -0.140. The second kappa shape index (κ2) is 8.56. The minimum atomic E-state index is -1.17. The zero-order valence-corrected chi connectivity index (χ0v) is 14.2. The number of nitrogens with zero attached hydrogens (tertiary/aromatic N) is 1. The Balaban J connectivity index is 2.93. The van der Waals surface area contributed by atoms with E-state index in [0.29, 0.717) is 6.54 Å². The highest BCUT2D eigenvalue weighted by Crippen LogP contribution is 2.23. The maximum atomic E-state index is 12.4. The number of carboxylic acids is 1. The van der Waals surface area contributed by atoms with Crippen LogP contribution in [0.25, 0.3) is 0 Å². The normalized spacial score (nSPS) is 18.0. The molecule has 0 aromatic heterocycles. The summed E-state index contributed by atoms with van der Waals surface area (Å²) in [6, 6.07) is -0.971. The molecule has 0 aromatic rings. The summed E-state index contributed by atoms with van der Waals surface area (Å²) in [5, 5.41) is 14.4. The molecule has 0 saturated heterocycles. The van der Waals surface area contributed by atoms with E-state index >= 15 is 0 Å². The highest BCUT2D eigenvalue weighted by Gasteiger charge is 2.36. The third-order valence-electron chi connectivity index (χ3n) is 3.38. The van der Waals surface area contributed by atoms with Crippen molar-refractivity contribution in [2.24, 2.45) is 0 Å². The van der Waals surface area contributed by atoms with Gasteiger partial charge in [0.25, 0.3) is 0 Å². The van der Waals surface area contributed by atoms with E-state index in [1.807, 2.05) is 6.26 Å². The van der Waals surface area contributed by atoms with E-state index in [1.54, 1.807) is 11.8 Å². The van der Waals surface area contributed by atoms with Gasteiger partial charge in [-0.1, -0.05) is 0 Å². The van der Waals surface area contributed by atoms with Crippen LogP contribution in [0.4, 0.5) is 0 Å². The van der Waals surface area contributed by atoms with Gasteiger partial charge in [-0.15, -0.1) is 0 Å². The molecule has 0 aliphatic carbocycles. The van der Waals surface area contributed by atoms with E-state index in [2.05, 4.69) is 10.6 Å². The Morgan fingerprint density at radius 2 is 2.04 bits per heavy atom. The van der Waals surface area contributed by atoms with Crippen LogP contribution in [0.3, 0.4) is 0 Å². The van der Waals surface area contributed by atoms with Gasteiger partial charge < -0.3 is 20.6 Å². The smallest absolute Gasteiger partial charge is 0.333 e. The van der Waals surface area contributed by atoms with Gasteiger partial charge in [-0.05, 0) is 13.2 Å². The lowest BCUT2D eigenvalue weighted by Crippen LogP contribution is -2.53. The lowest BCUT2D eigenvalue weighted by Gasteiger charge is -2.33. The van der Waals surface area contributed by atoms with Crippen molar-refractivity contribution in [1.82, 2.24) is 15.5 Å². The van der Waals surface area contributed by atoms with Crippen molar-refractivity contribution in [1.29, 1.82) is 0 Å². The molecule has 1 rings (SSSR count). The quantitative estimate of drug-likeness (QED) is 0.540. The molecule has 1 atom stereocenters. The molecule has 0 bridgehead atoms. The molecule has 1 unspecified atom stereocenters. The molecule has 1 heterocycles. The van der Waals surface area contributed by atoms with Gasteiger partial charge in [0.05, 0.1) is 5.57 Å². The van der Waals surface area contributed by atoms with E-state index in [-0.39, 0.29) is 30.1 Å². The Kier molecular flexibility index (Phi) is 7.08. The SMILES string of the molecule is CSCCNC(=O)CN1C(=O)C(NC(C)=O)CC(C(=O)O)=C1C. The van der Waals surface area contributed by atoms with Crippen LogP contribution in [0.2, 0.25) is 0 Å². The zero-order valence-electron chi connectivity index (χ0n) is 13.3. The predicted octanol–water partition coefficient (Wildman–Crippen LogP) is -0.439. The van der Waals surface area contributed by atoms with E-state index < -0.39 is 23.8 Å². The number of hydrogen-bond acceptors (Lipinski definition) is 5. The molecule has 1 aliphatic rings. The third-order valence-corrected chi connectivity index (χ3v) is 3.99. The number of thioether (sulfide) groups is 1. The van der Waals surface area contributed by atoms with Crippen LogP contribution in [-0.2, 0) is 19.2 Å². The fourth-order valence-electron chi connectivity index (χ4n) is 2.24. The number of carbonyl (C=O) groups excluding carboxylic acids is 3. The molecule has 3 amide bonds. The molecule has 0 saturated carbocycles. The van der Waals surface area contributed by atoms with Gasteiger partial charge in [-0.2, -0.15) is 11.8 Å². The van der Waals surface area contributed by atoms with Crippen LogP contribution in [0, 0.1) is 0 Å². The van der Waals surface area contributed by atoms with Crippen molar-refractivity contribution in [3.8, 4) is 0 Å². The number of carboxylic acid groups (broad SMARTS) is 1. The molecule has 0 radical (unpaired) electrons. The number of aliphatic carboxylic acids is 1. The van der Waals surface area contributed by atoms with Gasteiger partial charge in [0.1, 0.15) is 12.6 Å². The van der Waals surface area contributed by atoms with Crippen LogP contribution in [0.15, 0.2) is 11.3 Å². The average Bonchev–Trinajstić information content (AvgIpc) is 2.46. The first-order valence-corrected chi connectivity index (χ1v) is 8.44. The van der Waals surface area contributed by atoms with Gasteiger partial charge >= 0.3 is 5.97 Å². The molecule has 0 aromatic carbocycles. The highest BCUT2D eigenvalue weighted by atomic mass is 32.2. The number of carbonyl (C=O) groups is 4. The molecule has 9 heteroatoms. The van der Waals surface area contributed by atoms with E-state index in [9.17, 15) is 24.3 Å². The Bertz CT molecular complexity index is 547. The molecule has 0 fully saturated rings. The van der Waals surface area contributed by atoms with E-state index in [1.165, 1.54) is 13.8 Å². The Hall–Kier alpha value is -2.03. The van der Waals surface area contributed by atoms with Crippen LogP contribution in [0.1, 0.15) is 20.3 Å². The Labute approximate surface area is 138 Å². The summed E-state index contributed by atoms with van der Waals surface area (Å²) in [6.07, 6.45) is 1.81. The maximum absolute atomic E-state index is 12.4. The second-order valence-electron chi connectivity index (χ2n) is 5.09. The molecule has 23 heavy (non-hydrogen) atoms. The molecule has 0 spiro atoms. The highest BCUT2D eigenvalue weighted by molar-refractivity contribution is 7.98. The molecule has 128 valence electrons. The summed E-state index contributed by atoms with van der Waals surface area (Å²) in [6.45, 7) is 2.93. The van der Waals surface area contributed by atoms with E-state index in [4.69, 9.17) is 0 Å². The summed E-state index contributed by atoms with van der Waals surface area (Å²) >= 11 is 1.57. The number of nitrogens with one attached hydrogen (secondary N) is 2. The van der Waals surface area contributed by atoms with Crippen molar-refractivity contribution in [3.63, 3.8) is 0 Å². The standard InChI is InChI=1S/C14H21N3O5S/c1-8-10(14(21)22)6-11(16-9(2)18)13(20)17(8)7-12(19)15-4-5-23-3/h11H,4-7H2,1-3H3,(H,15,19)(H,16,18)(H,21,22). The molecular weight excluding hydrogens is 322 g/mol. The second-order valence-corrected chi connectivity index (χ2v) is 6.08. The van der Waals surface area contributed by atoms with Crippen molar-refractivity contribution in [3.05, 3.63) is 11.3 Å². The largest absolute Gasteiger partial charge is 0.478 e.